The molecule has 0 N–H and O–H groups in total. The van der Waals surface area contributed by atoms with Crippen LogP contribution in [-0.4, -0.2) is 28.8 Å². The van der Waals surface area contributed by atoms with Gasteiger partial charge in [-0.3, -0.25) is 9.36 Å². The van der Waals surface area contributed by atoms with E-state index < -0.39 is 16.1 Å². The van der Waals surface area contributed by atoms with Crippen molar-refractivity contribution in [3.05, 3.63) is 99.0 Å². The fraction of sp³-hybridized carbons (Fsp3) is 0.310. The molecular formula is C29H32BrN3O3S. The molecule has 1 heterocycles. The van der Waals surface area contributed by atoms with Crippen LogP contribution < -0.4 is 5.56 Å². The predicted octanol–water partition coefficient (Wildman–Crippen LogP) is 6.61. The lowest BCUT2D eigenvalue weighted by Crippen LogP contribution is -2.38. The van der Waals surface area contributed by atoms with Gasteiger partial charge in [-0.15, -0.1) is 0 Å². The number of rotatable bonds is 7. The van der Waals surface area contributed by atoms with Crippen molar-refractivity contribution >= 4 is 36.9 Å². The standard InChI is InChI=1S/C29H32BrN3O3S/c1-6-19-32(37(35,36)24-17-11-21(12-18-24)29(3,4)5)20(2)27-31-26-10-8-7-9-25(26)28(34)33(27)23-15-13-22(30)14-16-23/h7-18,20H,6,19H2,1-5H3. The molecule has 194 valence electrons. The topological polar surface area (TPSA) is 72.3 Å². The number of fused-ring (bicyclic) bond motifs is 1. The Kier molecular flexibility index (Phi) is 7.74. The molecule has 0 amide bonds. The quantitative estimate of drug-likeness (QED) is 0.246. The van der Waals surface area contributed by atoms with Crippen molar-refractivity contribution in [1.29, 1.82) is 0 Å². The molecule has 0 spiro atoms. The van der Waals surface area contributed by atoms with Gasteiger partial charge in [-0.1, -0.05) is 67.9 Å². The van der Waals surface area contributed by atoms with E-state index in [1.165, 1.54) is 8.87 Å². The van der Waals surface area contributed by atoms with E-state index in [-0.39, 0.29) is 22.4 Å². The number of nitrogens with zero attached hydrogens (tertiary/aromatic N) is 3. The first kappa shape index (κ1) is 27.2. The zero-order valence-electron chi connectivity index (χ0n) is 21.8. The van der Waals surface area contributed by atoms with E-state index >= 15 is 0 Å². The van der Waals surface area contributed by atoms with Crippen LogP contribution in [0.3, 0.4) is 0 Å². The molecule has 4 aromatic rings. The number of hydrogen-bond donors (Lipinski definition) is 0. The number of hydrogen-bond acceptors (Lipinski definition) is 4. The number of halogens is 1. The van der Waals surface area contributed by atoms with Crippen molar-refractivity contribution in [2.75, 3.05) is 6.54 Å². The molecule has 1 aromatic heterocycles. The highest BCUT2D eigenvalue weighted by molar-refractivity contribution is 9.10. The van der Waals surface area contributed by atoms with Crippen LogP contribution in [0.2, 0.25) is 0 Å². The van der Waals surface area contributed by atoms with E-state index in [9.17, 15) is 13.2 Å². The lowest BCUT2D eigenvalue weighted by atomic mass is 9.87. The Hall–Kier alpha value is -2.81. The summed E-state index contributed by atoms with van der Waals surface area (Å²) in [4.78, 5) is 18.8. The van der Waals surface area contributed by atoms with E-state index in [2.05, 4.69) is 36.7 Å². The molecule has 4 rings (SSSR count). The lowest BCUT2D eigenvalue weighted by molar-refractivity contribution is 0.327. The molecule has 0 saturated carbocycles. The fourth-order valence-electron chi connectivity index (χ4n) is 4.40. The van der Waals surface area contributed by atoms with Crippen molar-refractivity contribution in [3.8, 4) is 5.69 Å². The zero-order valence-corrected chi connectivity index (χ0v) is 24.2. The Balaban J connectivity index is 1.89. The van der Waals surface area contributed by atoms with Crippen LogP contribution in [0.1, 0.15) is 58.5 Å². The van der Waals surface area contributed by atoms with Gasteiger partial charge in [-0.2, -0.15) is 4.31 Å². The summed E-state index contributed by atoms with van der Waals surface area (Å²) < 4.78 is 31.7. The van der Waals surface area contributed by atoms with Gasteiger partial charge in [-0.05, 0) is 72.9 Å². The average Bonchev–Trinajstić information content (AvgIpc) is 2.87. The number of sulfonamides is 1. The molecule has 37 heavy (non-hydrogen) atoms. The molecule has 6 nitrogen and oxygen atoms in total. The van der Waals surface area contributed by atoms with Gasteiger partial charge < -0.3 is 0 Å². The van der Waals surface area contributed by atoms with E-state index in [1.807, 2.05) is 49.4 Å². The first-order valence-electron chi connectivity index (χ1n) is 12.3. The minimum Gasteiger partial charge on any atom is -0.268 e. The molecule has 0 fully saturated rings. The van der Waals surface area contributed by atoms with Gasteiger partial charge in [0.2, 0.25) is 10.0 Å². The minimum atomic E-state index is -3.87. The molecule has 0 radical (unpaired) electrons. The van der Waals surface area contributed by atoms with Gasteiger partial charge in [0, 0.05) is 11.0 Å². The Morgan fingerprint density at radius 1 is 0.973 bits per heavy atom. The second kappa shape index (κ2) is 10.5. The Labute approximate surface area is 227 Å². The van der Waals surface area contributed by atoms with Crippen molar-refractivity contribution in [2.45, 2.75) is 57.4 Å². The number of para-hydroxylation sites is 1. The predicted molar refractivity (Wildman–Crippen MR) is 153 cm³/mol. The summed E-state index contributed by atoms with van der Waals surface area (Å²) >= 11 is 3.45. The molecular weight excluding hydrogens is 550 g/mol. The SMILES string of the molecule is CCCN(C(C)c1nc2ccccc2c(=O)n1-c1ccc(Br)cc1)S(=O)(=O)c1ccc(C(C)(C)C)cc1. The van der Waals surface area contributed by atoms with Crippen LogP contribution in [0.15, 0.2) is 87.0 Å². The third-order valence-electron chi connectivity index (χ3n) is 6.46. The van der Waals surface area contributed by atoms with Gasteiger partial charge in [0.25, 0.3) is 5.56 Å². The third-order valence-corrected chi connectivity index (χ3v) is 8.98. The fourth-order valence-corrected chi connectivity index (χ4v) is 6.35. The van der Waals surface area contributed by atoms with E-state index in [1.54, 1.807) is 37.3 Å². The smallest absolute Gasteiger partial charge is 0.266 e. The summed E-state index contributed by atoms with van der Waals surface area (Å²) in [5.74, 6) is 0.370. The van der Waals surface area contributed by atoms with E-state index in [4.69, 9.17) is 4.98 Å². The lowest BCUT2D eigenvalue weighted by Gasteiger charge is -2.30. The highest BCUT2D eigenvalue weighted by Gasteiger charge is 2.33. The molecule has 0 bridgehead atoms. The van der Waals surface area contributed by atoms with Gasteiger partial charge in [-0.25, -0.2) is 13.4 Å². The summed E-state index contributed by atoms with van der Waals surface area (Å²) in [5.41, 5.74) is 1.89. The monoisotopic (exact) mass is 581 g/mol. The molecule has 0 saturated heterocycles. The van der Waals surface area contributed by atoms with Crippen molar-refractivity contribution in [2.24, 2.45) is 0 Å². The molecule has 0 aliphatic carbocycles. The Morgan fingerprint density at radius 3 is 2.19 bits per heavy atom. The summed E-state index contributed by atoms with van der Waals surface area (Å²) in [6.07, 6.45) is 0.611. The van der Waals surface area contributed by atoms with Crippen molar-refractivity contribution in [3.63, 3.8) is 0 Å². The largest absolute Gasteiger partial charge is 0.268 e. The van der Waals surface area contributed by atoms with Gasteiger partial charge in [0.05, 0.1) is 27.5 Å². The average molecular weight is 583 g/mol. The maximum Gasteiger partial charge on any atom is 0.266 e. The van der Waals surface area contributed by atoms with Gasteiger partial charge >= 0.3 is 0 Å². The molecule has 0 aliphatic heterocycles. The maximum absolute atomic E-state index is 13.9. The van der Waals surface area contributed by atoms with Crippen LogP contribution in [0.25, 0.3) is 16.6 Å². The summed E-state index contributed by atoms with van der Waals surface area (Å²) in [6, 6.07) is 20.9. The molecule has 1 atom stereocenters. The van der Waals surface area contributed by atoms with Crippen LogP contribution >= 0.6 is 15.9 Å². The number of benzene rings is 3. The number of aromatic nitrogens is 2. The van der Waals surface area contributed by atoms with Crippen LogP contribution in [0.5, 0.6) is 0 Å². The van der Waals surface area contributed by atoms with E-state index in [0.717, 1.165) is 10.0 Å². The van der Waals surface area contributed by atoms with Gasteiger partial charge in [0.15, 0.2) is 0 Å². The Bertz CT molecular complexity index is 1570. The minimum absolute atomic E-state index is 0.0888. The Morgan fingerprint density at radius 2 is 1.59 bits per heavy atom. The summed E-state index contributed by atoms with van der Waals surface area (Å²) in [7, 11) is -3.87. The molecule has 3 aromatic carbocycles. The first-order valence-corrected chi connectivity index (χ1v) is 14.6. The van der Waals surface area contributed by atoms with Gasteiger partial charge in [0.1, 0.15) is 5.82 Å². The third kappa shape index (κ3) is 5.42. The second-order valence-corrected chi connectivity index (χ2v) is 13.0. The zero-order chi connectivity index (χ0) is 27.0. The first-order chi connectivity index (χ1) is 17.4. The maximum atomic E-state index is 13.9. The normalized spacial score (nSPS) is 13.3. The molecule has 8 heteroatoms. The van der Waals surface area contributed by atoms with Crippen molar-refractivity contribution < 1.29 is 8.42 Å². The van der Waals surface area contributed by atoms with Crippen molar-refractivity contribution in [1.82, 2.24) is 13.9 Å². The van der Waals surface area contributed by atoms with Crippen LogP contribution in [0.4, 0.5) is 0 Å². The highest BCUT2D eigenvalue weighted by Crippen LogP contribution is 2.30. The molecule has 0 aliphatic rings. The van der Waals surface area contributed by atoms with Crippen LogP contribution in [0, 0.1) is 0 Å². The van der Waals surface area contributed by atoms with E-state index in [0.29, 0.717) is 28.8 Å². The van der Waals surface area contributed by atoms with Crippen LogP contribution in [-0.2, 0) is 15.4 Å². The molecule has 1 unspecified atom stereocenters. The summed E-state index contributed by atoms with van der Waals surface area (Å²) in [5, 5.41) is 0.476. The summed E-state index contributed by atoms with van der Waals surface area (Å²) in [6.45, 7) is 10.3. The second-order valence-electron chi connectivity index (χ2n) is 10.2. The highest BCUT2D eigenvalue weighted by atomic mass is 79.9.